The van der Waals surface area contributed by atoms with Gasteiger partial charge in [0.25, 0.3) is 11.1 Å². The largest absolute Gasteiger partial charge is 0.368 e. The molecule has 1 aliphatic heterocycles. The van der Waals surface area contributed by atoms with Crippen molar-refractivity contribution in [2.75, 3.05) is 23.3 Å². The zero-order valence-corrected chi connectivity index (χ0v) is 13.0. The Balaban J connectivity index is 1.71. The van der Waals surface area contributed by atoms with Gasteiger partial charge in [0, 0.05) is 38.3 Å². The quantitative estimate of drug-likeness (QED) is 0.844. The van der Waals surface area contributed by atoms with E-state index >= 15 is 0 Å². The molecule has 2 N–H and O–H groups in total. The fourth-order valence-electron chi connectivity index (χ4n) is 2.79. The van der Waals surface area contributed by atoms with E-state index in [1.807, 2.05) is 0 Å². The number of rotatable bonds is 4. The molecule has 0 radical (unpaired) electrons. The van der Waals surface area contributed by atoms with Gasteiger partial charge in [-0.05, 0) is 25.3 Å². The lowest BCUT2D eigenvalue weighted by atomic mass is 10.0. The lowest BCUT2D eigenvalue weighted by Crippen LogP contribution is -2.44. The van der Waals surface area contributed by atoms with Crippen molar-refractivity contribution in [1.82, 2.24) is 19.7 Å². The molecule has 2 aromatic heterocycles. The standard InChI is InChI=1S/C15H20N6O2/c1-20-10-17-12(8-15(20)23)16-9-11-4-2-3-7-21(11)13-5-6-14(22)19-18-13/h5-6,8,10-11,16H,2-4,7,9H2,1H3,(H,19,22). The number of aryl methyl sites for hydroxylation is 1. The fourth-order valence-corrected chi connectivity index (χ4v) is 2.79. The number of anilines is 2. The van der Waals surface area contributed by atoms with Crippen LogP contribution in [0.3, 0.4) is 0 Å². The summed E-state index contributed by atoms with van der Waals surface area (Å²) >= 11 is 0. The molecule has 3 heterocycles. The highest BCUT2D eigenvalue weighted by Crippen LogP contribution is 2.22. The van der Waals surface area contributed by atoms with Crippen LogP contribution in [0.4, 0.5) is 11.6 Å². The van der Waals surface area contributed by atoms with E-state index in [4.69, 9.17) is 0 Å². The highest BCUT2D eigenvalue weighted by Gasteiger charge is 2.23. The molecule has 0 saturated carbocycles. The van der Waals surface area contributed by atoms with E-state index in [1.165, 1.54) is 23.0 Å². The first-order valence-electron chi connectivity index (χ1n) is 7.72. The second-order valence-corrected chi connectivity index (χ2v) is 5.73. The maximum atomic E-state index is 11.6. The van der Waals surface area contributed by atoms with Crippen LogP contribution in [0.15, 0.2) is 34.1 Å². The van der Waals surface area contributed by atoms with Gasteiger partial charge >= 0.3 is 0 Å². The van der Waals surface area contributed by atoms with Crippen LogP contribution in [0.5, 0.6) is 0 Å². The van der Waals surface area contributed by atoms with Gasteiger partial charge in [-0.25, -0.2) is 10.1 Å². The molecule has 0 amide bonds. The van der Waals surface area contributed by atoms with E-state index in [0.717, 1.165) is 31.6 Å². The molecule has 122 valence electrons. The molecule has 3 rings (SSSR count). The second kappa shape index (κ2) is 6.64. The normalized spacial score (nSPS) is 18.0. The van der Waals surface area contributed by atoms with Gasteiger partial charge in [-0.2, -0.15) is 5.10 Å². The highest BCUT2D eigenvalue weighted by atomic mass is 16.1. The molecular formula is C15H20N6O2. The Morgan fingerprint density at radius 3 is 2.96 bits per heavy atom. The molecule has 0 spiro atoms. The Labute approximate surface area is 133 Å². The summed E-state index contributed by atoms with van der Waals surface area (Å²) < 4.78 is 1.43. The summed E-state index contributed by atoms with van der Waals surface area (Å²) in [6.07, 6.45) is 4.78. The molecule has 1 fully saturated rings. The number of piperidine rings is 1. The first-order chi connectivity index (χ1) is 11.1. The molecule has 1 aliphatic rings. The third kappa shape index (κ3) is 3.58. The number of nitrogens with one attached hydrogen (secondary N) is 2. The Bertz CT molecular complexity index is 764. The predicted octanol–water partition coefficient (Wildman–Crippen LogP) is 0.335. The summed E-state index contributed by atoms with van der Waals surface area (Å²) in [5, 5.41) is 9.83. The lowest BCUT2D eigenvalue weighted by Gasteiger charge is -2.36. The fraction of sp³-hybridized carbons (Fsp3) is 0.467. The van der Waals surface area contributed by atoms with Crippen molar-refractivity contribution in [3.05, 3.63) is 45.2 Å². The van der Waals surface area contributed by atoms with E-state index in [9.17, 15) is 9.59 Å². The molecule has 23 heavy (non-hydrogen) atoms. The molecule has 1 unspecified atom stereocenters. The Kier molecular flexibility index (Phi) is 4.40. The highest BCUT2D eigenvalue weighted by molar-refractivity contribution is 5.40. The molecule has 0 aliphatic carbocycles. The molecule has 2 aromatic rings. The number of H-pyrrole nitrogens is 1. The number of aromatic amines is 1. The van der Waals surface area contributed by atoms with Gasteiger partial charge < -0.3 is 14.8 Å². The minimum atomic E-state index is -0.204. The Morgan fingerprint density at radius 1 is 1.35 bits per heavy atom. The van der Waals surface area contributed by atoms with Crippen LogP contribution >= 0.6 is 0 Å². The summed E-state index contributed by atoms with van der Waals surface area (Å²) in [7, 11) is 1.67. The summed E-state index contributed by atoms with van der Waals surface area (Å²) in [4.78, 5) is 29.2. The van der Waals surface area contributed by atoms with Gasteiger partial charge in [-0.3, -0.25) is 9.59 Å². The second-order valence-electron chi connectivity index (χ2n) is 5.73. The number of aromatic nitrogens is 4. The van der Waals surface area contributed by atoms with Crippen LogP contribution in [-0.4, -0.2) is 38.9 Å². The monoisotopic (exact) mass is 316 g/mol. The van der Waals surface area contributed by atoms with E-state index in [0.29, 0.717) is 12.4 Å². The molecule has 1 atom stereocenters. The van der Waals surface area contributed by atoms with Crippen LogP contribution in [0.1, 0.15) is 19.3 Å². The molecule has 0 bridgehead atoms. The van der Waals surface area contributed by atoms with Gasteiger partial charge in [-0.15, -0.1) is 0 Å². The van der Waals surface area contributed by atoms with Crippen molar-refractivity contribution in [1.29, 1.82) is 0 Å². The number of hydrogen-bond donors (Lipinski definition) is 2. The van der Waals surface area contributed by atoms with Crippen LogP contribution in [0, 0.1) is 0 Å². The van der Waals surface area contributed by atoms with E-state index in [2.05, 4.69) is 25.4 Å². The van der Waals surface area contributed by atoms with Gasteiger partial charge in [0.05, 0.1) is 6.33 Å². The van der Waals surface area contributed by atoms with Crippen molar-refractivity contribution >= 4 is 11.6 Å². The Morgan fingerprint density at radius 2 is 2.22 bits per heavy atom. The average Bonchev–Trinajstić information content (AvgIpc) is 2.57. The van der Waals surface area contributed by atoms with Crippen molar-refractivity contribution < 1.29 is 0 Å². The Hall–Kier alpha value is -2.64. The summed E-state index contributed by atoms with van der Waals surface area (Å²) in [5.74, 6) is 1.35. The molecule has 8 heteroatoms. The molecule has 0 aromatic carbocycles. The topological polar surface area (TPSA) is 95.9 Å². The third-order valence-corrected chi connectivity index (χ3v) is 4.08. The smallest absolute Gasteiger partial charge is 0.264 e. The third-order valence-electron chi connectivity index (χ3n) is 4.08. The predicted molar refractivity (Wildman–Crippen MR) is 87.8 cm³/mol. The van der Waals surface area contributed by atoms with E-state index in [-0.39, 0.29) is 17.2 Å². The summed E-state index contributed by atoms with van der Waals surface area (Å²) in [5.41, 5.74) is -0.296. The molecular weight excluding hydrogens is 296 g/mol. The van der Waals surface area contributed by atoms with Crippen LogP contribution in [-0.2, 0) is 7.05 Å². The van der Waals surface area contributed by atoms with E-state index < -0.39 is 0 Å². The first kappa shape index (κ1) is 15.3. The van der Waals surface area contributed by atoms with Gasteiger partial charge in [0.1, 0.15) is 11.6 Å². The maximum Gasteiger partial charge on any atom is 0.264 e. The summed E-state index contributed by atoms with van der Waals surface area (Å²) in [6.45, 7) is 1.57. The summed E-state index contributed by atoms with van der Waals surface area (Å²) in [6, 6.07) is 4.97. The minimum Gasteiger partial charge on any atom is -0.368 e. The first-order valence-corrected chi connectivity index (χ1v) is 7.72. The zero-order chi connectivity index (χ0) is 16.2. The van der Waals surface area contributed by atoms with Crippen LogP contribution in [0.25, 0.3) is 0 Å². The molecule has 1 saturated heterocycles. The number of nitrogens with zero attached hydrogens (tertiary/aromatic N) is 4. The van der Waals surface area contributed by atoms with Crippen molar-refractivity contribution in [3.63, 3.8) is 0 Å². The average molecular weight is 316 g/mol. The van der Waals surface area contributed by atoms with Crippen LogP contribution in [0.2, 0.25) is 0 Å². The minimum absolute atomic E-state index is 0.0923. The zero-order valence-electron chi connectivity index (χ0n) is 13.0. The van der Waals surface area contributed by atoms with Gasteiger partial charge in [0.15, 0.2) is 0 Å². The van der Waals surface area contributed by atoms with Gasteiger partial charge in [0.2, 0.25) is 0 Å². The number of hydrogen-bond acceptors (Lipinski definition) is 6. The van der Waals surface area contributed by atoms with Crippen molar-refractivity contribution in [2.24, 2.45) is 7.05 Å². The van der Waals surface area contributed by atoms with E-state index in [1.54, 1.807) is 13.1 Å². The van der Waals surface area contributed by atoms with Gasteiger partial charge in [-0.1, -0.05) is 0 Å². The van der Waals surface area contributed by atoms with Crippen molar-refractivity contribution in [2.45, 2.75) is 25.3 Å². The molecule has 8 nitrogen and oxygen atoms in total. The lowest BCUT2D eigenvalue weighted by molar-refractivity contribution is 0.467. The van der Waals surface area contributed by atoms with Crippen LogP contribution < -0.4 is 21.3 Å². The maximum absolute atomic E-state index is 11.6. The van der Waals surface area contributed by atoms with Crippen molar-refractivity contribution in [3.8, 4) is 0 Å². The SMILES string of the molecule is Cn1cnc(NCC2CCCCN2c2ccc(=O)[nH]n2)cc1=O.